The Labute approximate surface area is 226 Å². The lowest BCUT2D eigenvalue weighted by molar-refractivity contribution is 0.0523. The highest BCUT2D eigenvalue weighted by molar-refractivity contribution is 5.97. The third-order valence-corrected chi connectivity index (χ3v) is 6.54. The minimum Gasteiger partial charge on any atom is -0.462 e. The van der Waals surface area contributed by atoms with E-state index in [4.69, 9.17) is 14.5 Å². The summed E-state index contributed by atoms with van der Waals surface area (Å²) < 4.78 is 14.2. The van der Waals surface area contributed by atoms with Crippen molar-refractivity contribution >= 4 is 28.6 Å². The summed E-state index contributed by atoms with van der Waals surface area (Å²) in [6, 6.07) is 10.4. The van der Waals surface area contributed by atoms with Gasteiger partial charge in [-0.05, 0) is 88.9 Å². The molecule has 0 fully saturated rings. The minimum absolute atomic E-state index is 0.0258. The maximum absolute atomic E-state index is 13.6. The van der Waals surface area contributed by atoms with E-state index >= 15 is 0 Å². The number of rotatable bonds is 8. The molecule has 1 amide bonds. The van der Waals surface area contributed by atoms with Crippen molar-refractivity contribution in [1.82, 2.24) is 14.0 Å². The molecular weight excluding hydrogens is 496 g/mol. The number of ether oxygens (including phenoxy) is 2. The van der Waals surface area contributed by atoms with Crippen molar-refractivity contribution in [2.75, 3.05) is 13.2 Å². The number of fused-ring (bicyclic) bond motifs is 2. The number of hydrogen-bond acceptors (Lipinski definition) is 6. The molecular formula is C30H34N4O5. The molecule has 0 saturated carbocycles. The number of aromatic nitrogens is 3. The molecule has 39 heavy (non-hydrogen) atoms. The fraction of sp³-hybridized carbons (Fsp3) is 0.367. The van der Waals surface area contributed by atoms with Gasteiger partial charge in [0.15, 0.2) is 5.49 Å². The first-order valence-corrected chi connectivity index (χ1v) is 13.1. The van der Waals surface area contributed by atoms with E-state index in [-0.39, 0.29) is 34.7 Å². The van der Waals surface area contributed by atoms with E-state index in [1.807, 2.05) is 46.8 Å². The van der Waals surface area contributed by atoms with Crippen LogP contribution in [-0.4, -0.2) is 45.1 Å². The van der Waals surface area contributed by atoms with Gasteiger partial charge in [-0.3, -0.25) is 14.0 Å². The van der Waals surface area contributed by atoms with Gasteiger partial charge in [0.2, 0.25) is 0 Å². The number of carbonyl (C=O) groups excluding carboxylic acids is 2. The van der Waals surface area contributed by atoms with Gasteiger partial charge >= 0.3 is 5.97 Å². The first kappa shape index (κ1) is 27.9. The highest BCUT2D eigenvalue weighted by Crippen LogP contribution is 2.15. The molecule has 1 aromatic carbocycles. The van der Waals surface area contributed by atoms with Crippen molar-refractivity contribution in [1.29, 1.82) is 0 Å². The Kier molecular flexibility index (Phi) is 8.40. The summed E-state index contributed by atoms with van der Waals surface area (Å²) in [5, 5.41) is 0.225. The van der Waals surface area contributed by atoms with Crippen molar-refractivity contribution in [3.8, 4) is 0 Å². The molecule has 0 N–H and O–H groups in total. The first-order chi connectivity index (χ1) is 18.6. The van der Waals surface area contributed by atoms with E-state index in [0.29, 0.717) is 36.4 Å². The van der Waals surface area contributed by atoms with Crippen molar-refractivity contribution < 1.29 is 19.1 Å². The number of pyridine rings is 2. The van der Waals surface area contributed by atoms with Crippen LogP contribution >= 0.6 is 0 Å². The second-order valence-electron chi connectivity index (χ2n) is 9.78. The maximum Gasteiger partial charge on any atom is 0.341 e. The normalized spacial score (nSPS) is 12.0. The third-order valence-electron chi connectivity index (χ3n) is 6.54. The molecule has 0 saturated heterocycles. The third kappa shape index (κ3) is 5.83. The summed E-state index contributed by atoms with van der Waals surface area (Å²) in [4.78, 5) is 49.4. The summed E-state index contributed by atoms with van der Waals surface area (Å²) in [5.74, 6) is -1.18. The average Bonchev–Trinajstić information content (AvgIpc) is 2.89. The molecule has 0 radical (unpaired) electrons. The number of carbonyl (C=O) groups is 2. The minimum atomic E-state index is -0.674. The zero-order valence-electron chi connectivity index (χ0n) is 23.3. The number of benzene rings is 1. The van der Waals surface area contributed by atoms with Crippen molar-refractivity contribution in [3.05, 3.63) is 86.3 Å². The monoisotopic (exact) mass is 530 g/mol. The highest BCUT2D eigenvalue weighted by Gasteiger charge is 2.21. The predicted molar refractivity (Wildman–Crippen MR) is 149 cm³/mol. The molecule has 3 aromatic heterocycles. The van der Waals surface area contributed by atoms with Crippen LogP contribution in [0, 0.1) is 20.8 Å². The summed E-state index contributed by atoms with van der Waals surface area (Å²) in [6.07, 6.45) is 2.23. The summed E-state index contributed by atoms with van der Waals surface area (Å²) in [6.45, 7) is 12.2. The first-order valence-electron chi connectivity index (χ1n) is 13.1. The molecule has 4 rings (SSSR count). The van der Waals surface area contributed by atoms with Crippen molar-refractivity contribution in [2.45, 2.75) is 60.6 Å². The Morgan fingerprint density at radius 3 is 2.49 bits per heavy atom. The molecule has 0 aliphatic heterocycles. The topological polar surface area (TPSA) is 104 Å². The maximum atomic E-state index is 13.6. The zero-order chi connectivity index (χ0) is 28.3. The lowest BCUT2D eigenvalue weighted by Gasteiger charge is -2.16. The molecule has 0 aliphatic carbocycles. The van der Waals surface area contributed by atoms with Gasteiger partial charge in [0.05, 0.1) is 18.1 Å². The van der Waals surface area contributed by atoms with Gasteiger partial charge in [-0.1, -0.05) is 12.1 Å². The van der Waals surface area contributed by atoms with Crippen LogP contribution in [0.5, 0.6) is 0 Å². The van der Waals surface area contributed by atoms with Gasteiger partial charge in [-0.15, -0.1) is 0 Å². The van der Waals surface area contributed by atoms with Gasteiger partial charge in [0.1, 0.15) is 16.9 Å². The van der Waals surface area contributed by atoms with E-state index in [1.54, 1.807) is 35.9 Å². The molecule has 9 nitrogen and oxygen atoms in total. The van der Waals surface area contributed by atoms with E-state index < -0.39 is 11.9 Å². The number of aryl methyl sites for hydroxylation is 4. The number of nitrogens with zero attached hydrogens (tertiary/aromatic N) is 4. The molecule has 0 atom stereocenters. The second-order valence-corrected chi connectivity index (χ2v) is 9.78. The van der Waals surface area contributed by atoms with Crippen LogP contribution in [0.1, 0.15) is 64.6 Å². The molecule has 0 spiro atoms. The Morgan fingerprint density at radius 2 is 1.79 bits per heavy atom. The van der Waals surface area contributed by atoms with Gasteiger partial charge in [0.25, 0.3) is 11.5 Å². The Balaban J connectivity index is 2.06. The Hall–Kier alpha value is -4.11. The summed E-state index contributed by atoms with van der Waals surface area (Å²) in [5.41, 5.74) is 3.82. The largest absolute Gasteiger partial charge is 0.462 e. The van der Waals surface area contributed by atoms with E-state index in [0.717, 1.165) is 16.7 Å². The van der Waals surface area contributed by atoms with Gasteiger partial charge < -0.3 is 14.0 Å². The summed E-state index contributed by atoms with van der Waals surface area (Å²) in [7, 11) is 0. The standard InChI is InChI=1S/C30H34N4O5/c1-7-38-30(37)24-17-23-26(31-25-20(5)10-8-13-34(25)29(23)36)33(14-9-15-39-18(2)3)27(24)32-28(35)22-12-11-19(4)21(6)16-22/h8,10-13,16-18H,7,9,14-15H2,1-6H3. The molecule has 9 heteroatoms. The molecule has 3 heterocycles. The van der Waals surface area contributed by atoms with Gasteiger partial charge in [-0.2, -0.15) is 4.99 Å². The van der Waals surface area contributed by atoms with E-state index in [2.05, 4.69) is 4.99 Å². The zero-order valence-corrected chi connectivity index (χ0v) is 23.3. The fourth-order valence-corrected chi connectivity index (χ4v) is 4.36. The lowest BCUT2D eigenvalue weighted by atomic mass is 10.1. The van der Waals surface area contributed by atoms with Crippen LogP contribution < -0.4 is 11.0 Å². The van der Waals surface area contributed by atoms with Crippen LogP contribution in [-0.2, 0) is 16.0 Å². The van der Waals surface area contributed by atoms with E-state index in [9.17, 15) is 14.4 Å². The molecule has 204 valence electrons. The summed E-state index contributed by atoms with van der Waals surface area (Å²) >= 11 is 0. The van der Waals surface area contributed by atoms with Crippen molar-refractivity contribution in [2.24, 2.45) is 4.99 Å². The smallest absolute Gasteiger partial charge is 0.341 e. The molecule has 0 unspecified atom stereocenters. The van der Waals surface area contributed by atoms with Gasteiger partial charge in [0, 0.05) is 24.9 Å². The molecule has 0 bridgehead atoms. The predicted octanol–water partition coefficient (Wildman–Crippen LogP) is 4.31. The van der Waals surface area contributed by atoms with Crippen LogP contribution in [0.4, 0.5) is 0 Å². The molecule has 4 aromatic rings. The van der Waals surface area contributed by atoms with E-state index in [1.165, 1.54) is 10.5 Å². The van der Waals surface area contributed by atoms with Crippen LogP contribution in [0.3, 0.4) is 0 Å². The molecule has 0 aliphatic rings. The fourth-order valence-electron chi connectivity index (χ4n) is 4.36. The number of amides is 1. The van der Waals surface area contributed by atoms with Crippen LogP contribution in [0.2, 0.25) is 0 Å². The van der Waals surface area contributed by atoms with Crippen LogP contribution in [0.15, 0.2) is 52.4 Å². The SMILES string of the molecule is CCOC(=O)c1cc2c(=O)n3cccc(C)c3nc2n(CCCOC(C)C)c1=NC(=O)c1ccc(C)c(C)c1. The average molecular weight is 531 g/mol. The number of esters is 1. The number of hydrogen-bond donors (Lipinski definition) is 0. The Bertz CT molecular complexity index is 1700. The lowest BCUT2D eigenvalue weighted by Crippen LogP contribution is -2.33. The highest BCUT2D eigenvalue weighted by atomic mass is 16.5. The quantitative estimate of drug-likeness (QED) is 0.191. The van der Waals surface area contributed by atoms with Crippen LogP contribution in [0.25, 0.3) is 16.7 Å². The second kappa shape index (κ2) is 11.7. The van der Waals surface area contributed by atoms with Gasteiger partial charge in [-0.25, -0.2) is 9.78 Å². The van der Waals surface area contributed by atoms with Crippen molar-refractivity contribution in [3.63, 3.8) is 0 Å². The Morgan fingerprint density at radius 1 is 1.03 bits per heavy atom.